The molecule has 1 aromatic carbocycles. The number of nitrogens with zero attached hydrogens (tertiary/aromatic N) is 1. The van der Waals surface area contributed by atoms with Gasteiger partial charge in [-0.15, -0.1) is 0 Å². The molecule has 1 aromatic heterocycles. The van der Waals surface area contributed by atoms with Crippen LogP contribution in [-0.4, -0.2) is 53.1 Å². The Morgan fingerprint density at radius 1 is 1.19 bits per heavy atom. The molecule has 0 radical (unpaired) electrons. The molecule has 3 rings (SSSR count). The van der Waals surface area contributed by atoms with Crippen LogP contribution < -0.4 is 0 Å². The molecule has 0 saturated carbocycles. The Morgan fingerprint density at radius 2 is 1.81 bits per heavy atom. The quantitative estimate of drug-likeness (QED) is 0.502. The molecule has 0 spiro atoms. The van der Waals surface area contributed by atoms with Crippen LogP contribution >= 0.6 is 0 Å². The number of ether oxygens (including phenoxy) is 1. The van der Waals surface area contributed by atoms with Crippen molar-refractivity contribution in [3.05, 3.63) is 57.9 Å². The second kappa shape index (κ2) is 8.99. The molecule has 2 atom stereocenters. The molecule has 32 heavy (non-hydrogen) atoms. The molecule has 0 saturated heterocycles. The van der Waals surface area contributed by atoms with Gasteiger partial charge < -0.3 is 9.72 Å². The van der Waals surface area contributed by atoms with E-state index in [4.69, 9.17) is 4.74 Å². The predicted octanol–water partition coefficient (Wildman–Crippen LogP) is 2.73. The lowest BCUT2D eigenvalue weighted by molar-refractivity contribution is -0.151. The second-order valence-electron chi connectivity index (χ2n) is 8.06. The molecule has 1 aliphatic heterocycles. The van der Waals surface area contributed by atoms with Gasteiger partial charge in [0.1, 0.15) is 6.04 Å². The van der Waals surface area contributed by atoms with E-state index in [9.17, 15) is 22.8 Å². The van der Waals surface area contributed by atoms with Gasteiger partial charge in [-0.05, 0) is 51.3 Å². The van der Waals surface area contributed by atoms with Crippen molar-refractivity contribution in [1.82, 2.24) is 9.29 Å². The number of aryl methyl sites for hydroxylation is 1. The van der Waals surface area contributed by atoms with Crippen LogP contribution in [0, 0.1) is 13.8 Å². The maximum Gasteiger partial charge on any atom is 0.325 e. The summed E-state index contributed by atoms with van der Waals surface area (Å²) in [5, 5.41) is 0. The van der Waals surface area contributed by atoms with Crippen LogP contribution in [-0.2, 0) is 32.5 Å². The van der Waals surface area contributed by atoms with Gasteiger partial charge in [0.15, 0.2) is 11.9 Å². The Bertz CT molecular complexity index is 1180. The fraction of sp³-hybridized carbons (Fsp3) is 0.435. The number of sulfonamides is 1. The highest BCUT2D eigenvalue weighted by Crippen LogP contribution is 2.27. The van der Waals surface area contributed by atoms with Gasteiger partial charge in [0, 0.05) is 24.2 Å². The Hall–Kier alpha value is -2.78. The summed E-state index contributed by atoms with van der Waals surface area (Å²) >= 11 is 0. The number of ketones is 2. The highest BCUT2D eigenvalue weighted by molar-refractivity contribution is 7.89. The minimum Gasteiger partial charge on any atom is -0.453 e. The summed E-state index contributed by atoms with van der Waals surface area (Å²) in [6, 6.07) is 6.30. The van der Waals surface area contributed by atoms with Gasteiger partial charge in [-0.2, -0.15) is 4.31 Å². The zero-order valence-corrected chi connectivity index (χ0v) is 19.7. The summed E-state index contributed by atoms with van der Waals surface area (Å²) in [5.41, 5.74) is 3.44. The van der Waals surface area contributed by atoms with Crippen LogP contribution in [0.25, 0.3) is 0 Å². The lowest BCUT2D eigenvalue weighted by atomic mass is 9.96. The third kappa shape index (κ3) is 4.40. The number of benzene rings is 1. The first-order chi connectivity index (χ1) is 15.0. The first-order valence-electron chi connectivity index (χ1n) is 10.5. The summed E-state index contributed by atoms with van der Waals surface area (Å²) in [6.45, 7) is 7.82. The molecule has 2 heterocycles. The fourth-order valence-corrected chi connectivity index (χ4v) is 5.41. The predicted molar refractivity (Wildman–Crippen MR) is 119 cm³/mol. The molecule has 0 bridgehead atoms. The van der Waals surface area contributed by atoms with Gasteiger partial charge in [-0.3, -0.25) is 14.4 Å². The first-order valence-corrected chi connectivity index (χ1v) is 12.1. The number of carbonyl (C=O) groups excluding carboxylic acids is 3. The molecule has 8 nitrogen and oxygen atoms in total. The number of fused-ring (bicyclic) bond motifs is 1. The number of Topliss-reactive ketones (excluding diaryl/α,β-unsaturated/α-hetero) is 2. The Balaban J connectivity index is 1.85. The van der Waals surface area contributed by atoms with Crippen molar-refractivity contribution >= 4 is 27.6 Å². The van der Waals surface area contributed by atoms with E-state index in [0.717, 1.165) is 15.4 Å². The number of carbonyl (C=O) groups is 3. The number of rotatable bonds is 7. The van der Waals surface area contributed by atoms with Crippen molar-refractivity contribution in [1.29, 1.82) is 0 Å². The van der Waals surface area contributed by atoms with Crippen LogP contribution in [0.3, 0.4) is 0 Å². The van der Waals surface area contributed by atoms with Gasteiger partial charge in [-0.1, -0.05) is 24.3 Å². The molecule has 2 unspecified atom stereocenters. The summed E-state index contributed by atoms with van der Waals surface area (Å²) in [5.74, 6) is -1.57. The van der Waals surface area contributed by atoms with Gasteiger partial charge in [0.2, 0.25) is 15.8 Å². The highest BCUT2D eigenvalue weighted by Gasteiger charge is 2.40. The number of esters is 1. The fourth-order valence-electron chi connectivity index (χ4n) is 4.19. The molecule has 0 aliphatic carbocycles. The molecule has 2 aromatic rings. The number of nitrogens with one attached hydrogen (secondary N) is 1. The van der Waals surface area contributed by atoms with E-state index in [1.807, 2.05) is 24.3 Å². The van der Waals surface area contributed by atoms with Crippen molar-refractivity contribution < 1.29 is 27.5 Å². The number of aromatic nitrogens is 1. The van der Waals surface area contributed by atoms with Crippen LogP contribution in [0.2, 0.25) is 0 Å². The summed E-state index contributed by atoms with van der Waals surface area (Å²) in [4.78, 5) is 40.8. The largest absolute Gasteiger partial charge is 0.453 e. The molecular weight excluding hydrogens is 432 g/mol. The Kier molecular flexibility index (Phi) is 6.71. The van der Waals surface area contributed by atoms with Crippen LogP contribution in [0.5, 0.6) is 0 Å². The second-order valence-corrected chi connectivity index (χ2v) is 10.3. The number of hydrogen-bond acceptors (Lipinski definition) is 6. The highest BCUT2D eigenvalue weighted by atomic mass is 32.2. The molecular formula is C23H28N2O6S. The van der Waals surface area contributed by atoms with E-state index in [-0.39, 0.29) is 30.2 Å². The van der Waals surface area contributed by atoms with Crippen molar-refractivity contribution in [3.8, 4) is 0 Å². The standard InChI is InChI=1S/C23H28N2O6S/c1-6-32(29,30)25-12-18-10-8-7-9-17(18)11-19(25)23(28)31-16(5)22(27)21-13(2)20(15(4)26)14(3)24-21/h7-10,16,19,24H,6,11-12H2,1-5H3. The van der Waals surface area contributed by atoms with E-state index in [1.54, 1.807) is 13.8 Å². The van der Waals surface area contributed by atoms with Crippen LogP contribution in [0.15, 0.2) is 24.3 Å². The van der Waals surface area contributed by atoms with Crippen molar-refractivity contribution in [2.75, 3.05) is 5.75 Å². The summed E-state index contributed by atoms with van der Waals surface area (Å²) in [6.07, 6.45) is -0.980. The van der Waals surface area contributed by atoms with Crippen molar-refractivity contribution in [3.63, 3.8) is 0 Å². The van der Waals surface area contributed by atoms with Crippen molar-refractivity contribution in [2.24, 2.45) is 0 Å². The molecule has 1 N–H and O–H groups in total. The zero-order valence-electron chi connectivity index (χ0n) is 18.9. The summed E-state index contributed by atoms with van der Waals surface area (Å²) < 4.78 is 32.0. The normalized spacial score (nSPS) is 17.5. The molecule has 1 aliphatic rings. The number of hydrogen-bond donors (Lipinski definition) is 1. The summed E-state index contributed by atoms with van der Waals surface area (Å²) in [7, 11) is -3.68. The zero-order chi connectivity index (χ0) is 23.8. The average Bonchev–Trinajstić information content (AvgIpc) is 3.05. The SMILES string of the molecule is CCS(=O)(=O)N1Cc2ccccc2CC1C(=O)OC(C)C(=O)c1[nH]c(C)c(C(C)=O)c1C. The molecule has 172 valence electrons. The van der Waals surface area contributed by atoms with E-state index < -0.39 is 33.9 Å². The van der Waals surface area contributed by atoms with Crippen molar-refractivity contribution in [2.45, 2.75) is 59.7 Å². The lowest BCUT2D eigenvalue weighted by Crippen LogP contribution is -2.50. The minimum absolute atomic E-state index is 0.0747. The maximum absolute atomic E-state index is 13.0. The smallest absolute Gasteiger partial charge is 0.325 e. The van der Waals surface area contributed by atoms with Gasteiger partial charge in [0.25, 0.3) is 0 Å². The minimum atomic E-state index is -3.68. The monoisotopic (exact) mass is 460 g/mol. The van der Waals surface area contributed by atoms with Gasteiger partial charge in [-0.25, -0.2) is 8.42 Å². The number of H-pyrrole nitrogens is 1. The molecule has 0 fully saturated rings. The van der Waals surface area contributed by atoms with Gasteiger partial charge >= 0.3 is 5.97 Å². The Morgan fingerprint density at radius 3 is 2.38 bits per heavy atom. The number of aromatic amines is 1. The Labute approximate surface area is 188 Å². The maximum atomic E-state index is 13.0. The molecule has 0 amide bonds. The van der Waals surface area contributed by atoms with Gasteiger partial charge in [0.05, 0.1) is 11.4 Å². The third-order valence-electron chi connectivity index (χ3n) is 5.90. The topological polar surface area (TPSA) is 114 Å². The van der Waals surface area contributed by atoms with Crippen LogP contribution in [0.4, 0.5) is 0 Å². The van der Waals surface area contributed by atoms with E-state index in [1.165, 1.54) is 20.8 Å². The average molecular weight is 461 g/mol. The van der Waals surface area contributed by atoms with Crippen LogP contribution in [0.1, 0.15) is 64.0 Å². The molecule has 9 heteroatoms. The first kappa shape index (κ1) is 23.9. The lowest BCUT2D eigenvalue weighted by Gasteiger charge is -2.34. The van der Waals surface area contributed by atoms with E-state index >= 15 is 0 Å². The van der Waals surface area contributed by atoms with E-state index in [0.29, 0.717) is 16.8 Å². The third-order valence-corrected chi connectivity index (χ3v) is 7.73. The van der Waals surface area contributed by atoms with E-state index in [2.05, 4.69) is 4.98 Å².